The van der Waals surface area contributed by atoms with E-state index >= 15 is 0 Å². The van der Waals surface area contributed by atoms with E-state index in [2.05, 4.69) is 4.90 Å². The molecule has 0 unspecified atom stereocenters. The average molecular weight is 566 g/mol. The topological polar surface area (TPSA) is 83.3 Å². The number of furan rings is 1. The lowest BCUT2D eigenvalue weighted by Crippen LogP contribution is -2.47. The third-order valence-corrected chi connectivity index (χ3v) is 8.92. The van der Waals surface area contributed by atoms with Gasteiger partial charge in [0.1, 0.15) is 11.6 Å². The first-order valence-corrected chi connectivity index (χ1v) is 14.7. The first-order valence-electron chi connectivity index (χ1n) is 13.2. The van der Waals surface area contributed by atoms with Crippen molar-refractivity contribution in [3.8, 4) is 0 Å². The quantitative estimate of drug-likeness (QED) is 0.272. The minimum absolute atomic E-state index is 0.141. The Balaban J connectivity index is 1.44. The molecule has 5 rings (SSSR count). The van der Waals surface area contributed by atoms with Crippen molar-refractivity contribution < 1.29 is 26.8 Å². The molecule has 0 bridgehead atoms. The monoisotopic (exact) mass is 565 g/mol. The lowest BCUT2D eigenvalue weighted by molar-refractivity contribution is -0.133. The summed E-state index contributed by atoms with van der Waals surface area (Å²) in [6.07, 6.45) is 1.52. The number of hydrogen-bond acceptors (Lipinski definition) is 6. The number of morpholine rings is 1. The summed E-state index contributed by atoms with van der Waals surface area (Å²) in [5.74, 6) is -0.193. The van der Waals surface area contributed by atoms with Crippen molar-refractivity contribution in [3.63, 3.8) is 0 Å². The van der Waals surface area contributed by atoms with Crippen LogP contribution in [-0.4, -0.2) is 74.4 Å². The molecule has 210 valence electrons. The maximum atomic E-state index is 14.1. The minimum atomic E-state index is -4.04. The second-order valence-electron chi connectivity index (χ2n) is 9.73. The number of hydrogen-bond donors (Lipinski definition) is 0. The Kier molecular flexibility index (Phi) is 8.91. The van der Waals surface area contributed by atoms with Crippen LogP contribution in [0.5, 0.6) is 0 Å². The molecule has 0 N–H and O–H groups in total. The number of sulfonamides is 1. The van der Waals surface area contributed by atoms with Crippen molar-refractivity contribution in [3.05, 3.63) is 102 Å². The SMILES string of the molecule is O=C(CN(CCN1CCOCC1)S(=O)(=O)c1cccc2ccccc12)N(Cc1ccc(F)cc1)Cc1ccco1. The van der Waals surface area contributed by atoms with E-state index in [1.165, 1.54) is 27.6 Å². The Bertz CT molecular complexity index is 1520. The number of nitrogens with zero attached hydrogens (tertiary/aromatic N) is 3. The molecule has 1 fully saturated rings. The van der Waals surface area contributed by atoms with E-state index in [0.29, 0.717) is 44.0 Å². The van der Waals surface area contributed by atoms with Gasteiger partial charge in [0.25, 0.3) is 0 Å². The predicted octanol–water partition coefficient (Wildman–Crippen LogP) is 4.12. The van der Waals surface area contributed by atoms with Gasteiger partial charge in [-0.1, -0.05) is 48.5 Å². The van der Waals surface area contributed by atoms with Crippen LogP contribution in [0.3, 0.4) is 0 Å². The van der Waals surface area contributed by atoms with Crippen molar-refractivity contribution >= 4 is 26.7 Å². The van der Waals surface area contributed by atoms with Gasteiger partial charge >= 0.3 is 0 Å². The maximum Gasteiger partial charge on any atom is 0.244 e. The van der Waals surface area contributed by atoms with Gasteiger partial charge in [-0.15, -0.1) is 0 Å². The summed E-state index contributed by atoms with van der Waals surface area (Å²) in [4.78, 5) is 17.6. The Morgan fingerprint density at radius 2 is 1.65 bits per heavy atom. The highest BCUT2D eigenvalue weighted by Crippen LogP contribution is 2.26. The highest BCUT2D eigenvalue weighted by molar-refractivity contribution is 7.89. The van der Waals surface area contributed by atoms with E-state index in [-0.39, 0.29) is 42.8 Å². The fourth-order valence-electron chi connectivity index (χ4n) is 4.81. The smallest absolute Gasteiger partial charge is 0.244 e. The highest BCUT2D eigenvalue weighted by Gasteiger charge is 2.30. The minimum Gasteiger partial charge on any atom is -0.467 e. The first kappa shape index (κ1) is 28.0. The van der Waals surface area contributed by atoms with Gasteiger partial charge in [0.2, 0.25) is 15.9 Å². The molecule has 0 radical (unpaired) electrons. The molecule has 0 atom stereocenters. The number of carbonyl (C=O) groups excluding carboxylic acids is 1. The third kappa shape index (κ3) is 6.76. The molecule has 10 heteroatoms. The highest BCUT2D eigenvalue weighted by atomic mass is 32.2. The van der Waals surface area contributed by atoms with Crippen molar-refractivity contribution in [1.29, 1.82) is 0 Å². The summed E-state index contributed by atoms with van der Waals surface area (Å²) in [5, 5.41) is 1.41. The molecule has 0 saturated carbocycles. The van der Waals surface area contributed by atoms with E-state index in [9.17, 15) is 17.6 Å². The van der Waals surface area contributed by atoms with Crippen LogP contribution >= 0.6 is 0 Å². The van der Waals surface area contributed by atoms with Gasteiger partial charge in [-0.3, -0.25) is 9.69 Å². The number of rotatable bonds is 11. The predicted molar refractivity (Wildman–Crippen MR) is 149 cm³/mol. The zero-order valence-electron chi connectivity index (χ0n) is 22.1. The van der Waals surface area contributed by atoms with Crippen LogP contribution in [0.2, 0.25) is 0 Å². The standard InChI is InChI=1S/C30H32FN3O5S/c31-26-12-10-24(11-13-26)21-33(22-27-7-4-18-39-27)30(35)23-34(15-14-32-16-19-38-20-17-32)40(36,37)29-9-3-6-25-5-1-2-8-28(25)29/h1-13,18H,14-17,19-23H2. The van der Waals surface area contributed by atoms with Crippen LogP contribution in [-0.2, 0) is 32.6 Å². The number of ether oxygens (including phenoxy) is 1. The molecule has 8 nitrogen and oxygen atoms in total. The first-order chi connectivity index (χ1) is 19.4. The molecule has 1 aliphatic rings. The molecule has 2 heterocycles. The summed E-state index contributed by atoms with van der Waals surface area (Å²) in [6.45, 7) is 3.15. The van der Waals surface area contributed by atoms with Crippen LogP contribution in [0.1, 0.15) is 11.3 Å². The van der Waals surface area contributed by atoms with Crippen LogP contribution in [0, 0.1) is 5.82 Å². The summed E-state index contributed by atoms with van der Waals surface area (Å²) >= 11 is 0. The molecule has 0 aliphatic carbocycles. The second kappa shape index (κ2) is 12.7. The summed E-state index contributed by atoms with van der Waals surface area (Å²) < 4.78 is 54.0. The number of benzene rings is 3. The number of carbonyl (C=O) groups is 1. The Labute approximate surface area is 233 Å². The maximum absolute atomic E-state index is 14.1. The van der Waals surface area contributed by atoms with E-state index < -0.39 is 10.0 Å². The Morgan fingerprint density at radius 1 is 0.900 bits per heavy atom. The summed E-state index contributed by atoms with van der Waals surface area (Å²) in [7, 11) is -4.04. The van der Waals surface area contributed by atoms with Crippen LogP contribution in [0.4, 0.5) is 4.39 Å². The van der Waals surface area contributed by atoms with Crippen LogP contribution < -0.4 is 0 Å². The van der Waals surface area contributed by atoms with Crippen LogP contribution in [0.15, 0.2) is 94.4 Å². The number of halogens is 1. The number of fused-ring (bicyclic) bond motifs is 1. The molecular formula is C30H32FN3O5S. The largest absolute Gasteiger partial charge is 0.467 e. The van der Waals surface area contributed by atoms with Crippen LogP contribution in [0.25, 0.3) is 10.8 Å². The number of amides is 1. The average Bonchev–Trinajstić information content (AvgIpc) is 3.49. The van der Waals surface area contributed by atoms with Gasteiger partial charge in [-0.2, -0.15) is 4.31 Å². The lowest BCUT2D eigenvalue weighted by atomic mass is 10.1. The summed E-state index contributed by atoms with van der Waals surface area (Å²) in [6, 6.07) is 21.9. The Morgan fingerprint density at radius 3 is 2.40 bits per heavy atom. The van der Waals surface area contributed by atoms with E-state index in [1.807, 2.05) is 18.2 Å². The third-order valence-electron chi connectivity index (χ3n) is 7.01. The van der Waals surface area contributed by atoms with Gasteiger partial charge in [0.05, 0.1) is 37.5 Å². The van der Waals surface area contributed by atoms with Gasteiger partial charge in [0, 0.05) is 38.1 Å². The van der Waals surface area contributed by atoms with Crippen molar-refractivity contribution in [1.82, 2.24) is 14.1 Å². The normalized spacial score (nSPS) is 14.6. The zero-order chi connectivity index (χ0) is 28.0. The fraction of sp³-hybridized carbons (Fsp3) is 0.300. The second-order valence-corrected chi connectivity index (χ2v) is 11.6. The lowest BCUT2D eigenvalue weighted by Gasteiger charge is -2.31. The Hall–Kier alpha value is -3.57. The van der Waals surface area contributed by atoms with Crippen molar-refractivity contribution in [2.45, 2.75) is 18.0 Å². The molecule has 1 amide bonds. The van der Waals surface area contributed by atoms with Gasteiger partial charge in [-0.25, -0.2) is 12.8 Å². The molecule has 0 spiro atoms. The van der Waals surface area contributed by atoms with E-state index in [1.54, 1.807) is 48.5 Å². The molecule has 3 aromatic carbocycles. The van der Waals surface area contributed by atoms with Crippen molar-refractivity contribution in [2.24, 2.45) is 0 Å². The molecule has 1 aliphatic heterocycles. The van der Waals surface area contributed by atoms with Crippen molar-refractivity contribution in [2.75, 3.05) is 45.9 Å². The summed E-state index contributed by atoms with van der Waals surface area (Å²) in [5.41, 5.74) is 0.720. The molecule has 40 heavy (non-hydrogen) atoms. The fourth-order valence-corrected chi connectivity index (χ4v) is 6.40. The van der Waals surface area contributed by atoms with E-state index in [4.69, 9.17) is 9.15 Å². The van der Waals surface area contributed by atoms with Gasteiger partial charge in [0.15, 0.2) is 0 Å². The molecule has 1 saturated heterocycles. The molecule has 1 aromatic heterocycles. The molecule has 4 aromatic rings. The van der Waals surface area contributed by atoms with Gasteiger partial charge < -0.3 is 14.1 Å². The van der Waals surface area contributed by atoms with E-state index in [0.717, 1.165) is 10.9 Å². The van der Waals surface area contributed by atoms with Gasteiger partial charge in [-0.05, 0) is 41.3 Å². The molecular weight excluding hydrogens is 533 g/mol. The zero-order valence-corrected chi connectivity index (χ0v) is 22.9.